The Hall–Kier alpha value is -1.92. The van der Waals surface area contributed by atoms with E-state index < -0.39 is 6.10 Å². The van der Waals surface area contributed by atoms with E-state index in [4.69, 9.17) is 4.42 Å². The molecule has 1 unspecified atom stereocenters. The summed E-state index contributed by atoms with van der Waals surface area (Å²) in [6, 6.07) is 11.2. The van der Waals surface area contributed by atoms with Crippen LogP contribution in [0.4, 0.5) is 0 Å². The van der Waals surface area contributed by atoms with Gasteiger partial charge in [-0.05, 0) is 34.1 Å². The number of hydrogen-bond acceptors (Lipinski definition) is 4. The number of furan rings is 1. The Morgan fingerprint density at radius 1 is 1.21 bits per heavy atom. The number of aromatic nitrogens is 3. The lowest BCUT2D eigenvalue weighted by Crippen LogP contribution is -2.08. The van der Waals surface area contributed by atoms with Crippen LogP contribution in [0.3, 0.4) is 0 Å². The first-order valence-electron chi connectivity index (χ1n) is 5.64. The van der Waals surface area contributed by atoms with E-state index in [1.54, 1.807) is 10.7 Å². The maximum atomic E-state index is 10.4. The fraction of sp³-hybridized carbons (Fsp3) is 0.0769. The van der Waals surface area contributed by atoms with Gasteiger partial charge in [0.05, 0.1) is 23.8 Å². The average Bonchev–Trinajstić information content (AvgIpc) is 3.07. The molecule has 0 aliphatic rings. The quantitative estimate of drug-likeness (QED) is 0.806. The van der Waals surface area contributed by atoms with Crippen LogP contribution in [0.5, 0.6) is 0 Å². The van der Waals surface area contributed by atoms with Gasteiger partial charge < -0.3 is 9.52 Å². The van der Waals surface area contributed by atoms with E-state index in [-0.39, 0.29) is 0 Å². The van der Waals surface area contributed by atoms with Crippen molar-refractivity contribution in [1.82, 2.24) is 15.0 Å². The van der Waals surface area contributed by atoms with Gasteiger partial charge in [-0.15, -0.1) is 5.10 Å². The Kier molecular flexibility index (Phi) is 3.18. The van der Waals surface area contributed by atoms with Crippen LogP contribution in [0.15, 0.2) is 57.9 Å². The predicted molar refractivity (Wildman–Crippen MR) is 71.8 cm³/mol. The van der Waals surface area contributed by atoms with E-state index in [0.717, 1.165) is 5.69 Å². The number of aliphatic hydroxyl groups is 1. The molecule has 3 rings (SSSR count). The third-order valence-corrected chi connectivity index (χ3v) is 3.44. The van der Waals surface area contributed by atoms with Gasteiger partial charge in [-0.1, -0.05) is 23.4 Å². The number of para-hydroxylation sites is 1. The standard InChI is InChI=1S/C13H10BrN3O2/c14-13-10(6-7-19-13)12(18)11-8-15-16-17(11)9-4-2-1-3-5-9/h1-8,12,18H. The number of halogens is 1. The smallest absolute Gasteiger partial charge is 0.175 e. The molecule has 6 heteroatoms. The van der Waals surface area contributed by atoms with Crippen molar-refractivity contribution < 1.29 is 9.52 Å². The van der Waals surface area contributed by atoms with Crippen molar-refractivity contribution in [3.63, 3.8) is 0 Å². The summed E-state index contributed by atoms with van der Waals surface area (Å²) in [7, 11) is 0. The summed E-state index contributed by atoms with van der Waals surface area (Å²) in [5.74, 6) is 0. The Morgan fingerprint density at radius 3 is 2.68 bits per heavy atom. The molecule has 1 atom stereocenters. The SMILES string of the molecule is OC(c1ccoc1Br)c1cnnn1-c1ccccc1. The Labute approximate surface area is 117 Å². The molecular weight excluding hydrogens is 310 g/mol. The number of aliphatic hydroxyl groups excluding tert-OH is 1. The summed E-state index contributed by atoms with van der Waals surface area (Å²) in [6.07, 6.45) is 2.19. The first-order chi connectivity index (χ1) is 9.27. The van der Waals surface area contributed by atoms with Crippen molar-refractivity contribution in [2.75, 3.05) is 0 Å². The van der Waals surface area contributed by atoms with Crippen LogP contribution in [-0.4, -0.2) is 20.1 Å². The van der Waals surface area contributed by atoms with Crippen LogP contribution < -0.4 is 0 Å². The van der Waals surface area contributed by atoms with Crippen molar-refractivity contribution in [2.24, 2.45) is 0 Å². The highest BCUT2D eigenvalue weighted by Gasteiger charge is 2.21. The molecule has 96 valence electrons. The van der Waals surface area contributed by atoms with Crippen LogP contribution in [0, 0.1) is 0 Å². The Balaban J connectivity index is 2.04. The summed E-state index contributed by atoms with van der Waals surface area (Å²) < 4.78 is 7.24. The first-order valence-corrected chi connectivity index (χ1v) is 6.43. The molecule has 3 aromatic rings. The van der Waals surface area contributed by atoms with Crippen LogP contribution in [0.1, 0.15) is 17.4 Å². The fourth-order valence-corrected chi connectivity index (χ4v) is 2.31. The molecule has 0 amide bonds. The zero-order valence-electron chi connectivity index (χ0n) is 9.77. The highest BCUT2D eigenvalue weighted by molar-refractivity contribution is 9.10. The number of nitrogens with zero attached hydrogens (tertiary/aromatic N) is 3. The van der Waals surface area contributed by atoms with Gasteiger partial charge in [0.15, 0.2) is 4.67 Å². The van der Waals surface area contributed by atoms with E-state index in [9.17, 15) is 5.11 Å². The van der Waals surface area contributed by atoms with Crippen molar-refractivity contribution in [3.8, 4) is 5.69 Å². The van der Waals surface area contributed by atoms with Gasteiger partial charge in [0, 0.05) is 5.56 Å². The molecule has 0 bridgehead atoms. The summed E-state index contributed by atoms with van der Waals surface area (Å²) >= 11 is 3.26. The van der Waals surface area contributed by atoms with E-state index in [0.29, 0.717) is 15.9 Å². The molecule has 0 saturated carbocycles. The molecule has 1 N–H and O–H groups in total. The van der Waals surface area contributed by atoms with E-state index in [2.05, 4.69) is 26.2 Å². The van der Waals surface area contributed by atoms with Gasteiger partial charge in [0.1, 0.15) is 6.10 Å². The van der Waals surface area contributed by atoms with Gasteiger partial charge in [0.2, 0.25) is 0 Å². The maximum Gasteiger partial charge on any atom is 0.175 e. The highest BCUT2D eigenvalue weighted by Crippen LogP contribution is 2.29. The minimum atomic E-state index is -0.858. The molecule has 2 aromatic heterocycles. The molecule has 19 heavy (non-hydrogen) atoms. The number of rotatable bonds is 3. The van der Waals surface area contributed by atoms with Crippen LogP contribution >= 0.6 is 15.9 Å². The lowest BCUT2D eigenvalue weighted by atomic mass is 10.1. The zero-order valence-corrected chi connectivity index (χ0v) is 11.4. The zero-order chi connectivity index (χ0) is 13.2. The highest BCUT2D eigenvalue weighted by atomic mass is 79.9. The van der Waals surface area contributed by atoms with Crippen molar-refractivity contribution >= 4 is 15.9 Å². The van der Waals surface area contributed by atoms with Gasteiger partial charge in [-0.3, -0.25) is 0 Å². The van der Waals surface area contributed by atoms with Crippen LogP contribution in [-0.2, 0) is 0 Å². The fourth-order valence-electron chi connectivity index (χ4n) is 1.86. The minimum Gasteiger partial charge on any atom is -0.457 e. The van der Waals surface area contributed by atoms with E-state index in [1.807, 2.05) is 30.3 Å². The first kappa shape index (κ1) is 12.1. The molecule has 0 aliphatic heterocycles. The molecule has 0 saturated heterocycles. The van der Waals surface area contributed by atoms with Gasteiger partial charge >= 0.3 is 0 Å². The predicted octanol–water partition coefficient (Wildman–Crippen LogP) is 2.70. The van der Waals surface area contributed by atoms with Gasteiger partial charge in [-0.2, -0.15) is 0 Å². The Morgan fingerprint density at radius 2 is 2.00 bits per heavy atom. The van der Waals surface area contributed by atoms with E-state index in [1.165, 1.54) is 12.5 Å². The second kappa shape index (κ2) is 4.99. The third kappa shape index (κ3) is 2.20. The summed E-state index contributed by atoms with van der Waals surface area (Å²) in [4.78, 5) is 0. The number of hydrogen-bond donors (Lipinski definition) is 1. The molecule has 1 aromatic carbocycles. The molecule has 0 spiro atoms. The van der Waals surface area contributed by atoms with Gasteiger partial charge in [-0.25, -0.2) is 4.68 Å². The van der Waals surface area contributed by atoms with Gasteiger partial charge in [0.25, 0.3) is 0 Å². The lowest BCUT2D eigenvalue weighted by molar-refractivity contribution is 0.209. The molecule has 2 heterocycles. The second-order valence-electron chi connectivity index (χ2n) is 3.96. The normalized spacial score (nSPS) is 12.5. The van der Waals surface area contributed by atoms with Crippen LogP contribution in [0.25, 0.3) is 5.69 Å². The Bertz CT molecular complexity index is 678. The topological polar surface area (TPSA) is 64.1 Å². The molecule has 5 nitrogen and oxygen atoms in total. The minimum absolute atomic E-state index is 0.501. The summed E-state index contributed by atoms with van der Waals surface area (Å²) in [6.45, 7) is 0. The molecule has 0 radical (unpaired) electrons. The average molecular weight is 320 g/mol. The number of benzene rings is 1. The summed E-state index contributed by atoms with van der Waals surface area (Å²) in [5.41, 5.74) is 2.06. The molecule has 0 fully saturated rings. The second-order valence-corrected chi connectivity index (χ2v) is 4.68. The van der Waals surface area contributed by atoms with Crippen molar-refractivity contribution in [3.05, 3.63) is 64.8 Å². The third-order valence-electron chi connectivity index (χ3n) is 2.80. The molecular formula is C13H10BrN3O2. The maximum absolute atomic E-state index is 10.4. The lowest BCUT2D eigenvalue weighted by Gasteiger charge is -2.11. The van der Waals surface area contributed by atoms with Crippen molar-refractivity contribution in [1.29, 1.82) is 0 Å². The van der Waals surface area contributed by atoms with Crippen molar-refractivity contribution in [2.45, 2.75) is 6.10 Å². The summed E-state index contributed by atoms with van der Waals surface area (Å²) in [5, 5.41) is 18.3. The largest absolute Gasteiger partial charge is 0.457 e. The van der Waals surface area contributed by atoms with Crippen LogP contribution in [0.2, 0.25) is 0 Å². The molecule has 0 aliphatic carbocycles. The van der Waals surface area contributed by atoms with E-state index >= 15 is 0 Å². The monoisotopic (exact) mass is 319 g/mol.